The first-order valence-corrected chi connectivity index (χ1v) is 19.3. The Morgan fingerprint density at radius 2 is 1.63 bits per heavy atom. The van der Waals surface area contributed by atoms with Gasteiger partial charge in [0.15, 0.2) is 0 Å². The van der Waals surface area contributed by atoms with E-state index in [0.717, 1.165) is 47.0 Å². The van der Waals surface area contributed by atoms with Crippen molar-refractivity contribution in [3.63, 3.8) is 0 Å². The minimum atomic E-state index is -0.826. The Kier molecular flexibility index (Phi) is 9.44. The van der Waals surface area contributed by atoms with Crippen molar-refractivity contribution in [3.05, 3.63) is 59.2 Å². The van der Waals surface area contributed by atoms with Crippen molar-refractivity contribution in [1.29, 1.82) is 0 Å². The zero-order valence-electron chi connectivity index (χ0n) is 21.0. The number of hydrogen-bond acceptors (Lipinski definition) is 3. The van der Waals surface area contributed by atoms with Crippen LogP contribution < -0.4 is 4.74 Å². The van der Waals surface area contributed by atoms with Crippen LogP contribution in [0.15, 0.2) is 47.5 Å². The molecule has 1 N–H and O–H groups in total. The fraction of sp³-hybridized carbons (Fsp3) is 0.552. The van der Waals surface area contributed by atoms with Gasteiger partial charge < -0.3 is 9.84 Å². The number of phenolic OH excluding ortho intramolecular Hbond substituents is 1. The van der Waals surface area contributed by atoms with Crippen molar-refractivity contribution in [3.8, 4) is 11.5 Å². The molecule has 2 aromatic rings. The molecule has 0 radical (unpaired) electrons. The number of ether oxygens (including phenoxy) is 1. The van der Waals surface area contributed by atoms with Crippen LogP contribution in [-0.2, 0) is 26.3 Å². The van der Waals surface area contributed by atoms with E-state index in [2.05, 4.69) is 45.0 Å². The normalized spacial score (nSPS) is 26.9. The second-order valence-corrected chi connectivity index (χ2v) is 14.8. The quantitative estimate of drug-likeness (QED) is 0.330. The van der Waals surface area contributed by atoms with Gasteiger partial charge in [-0.3, -0.25) is 4.99 Å². The van der Waals surface area contributed by atoms with Crippen LogP contribution in [0.3, 0.4) is 0 Å². The molecule has 0 aliphatic heterocycles. The van der Waals surface area contributed by atoms with Crippen LogP contribution in [0, 0.1) is 23.7 Å². The van der Waals surface area contributed by atoms with Crippen LogP contribution in [0.25, 0.3) is 0 Å². The van der Waals surface area contributed by atoms with E-state index in [-0.39, 0.29) is 5.41 Å². The summed E-state index contributed by atoms with van der Waals surface area (Å²) in [5.74, 6) is 4.52. The number of hydrogen-bond donors (Lipinski definition) is 1. The van der Waals surface area contributed by atoms with Gasteiger partial charge in [0.1, 0.15) is 11.5 Å². The fourth-order valence-electron chi connectivity index (χ4n) is 6.82. The summed E-state index contributed by atoms with van der Waals surface area (Å²) in [5, 5.41) is 11.4. The van der Waals surface area contributed by atoms with E-state index in [1.165, 1.54) is 37.7 Å². The molecule has 0 unspecified atom stereocenters. The number of rotatable bonds is 7. The molecule has 0 heterocycles. The van der Waals surface area contributed by atoms with Gasteiger partial charge in [0.2, 0.25) is 0 Å². The van der Waals surface area contributed by atoms with E-state index in [1.807, 2.05) is 24.4 Å². The Hall–Kier alpha value is -0.827. The summed E-state index contributed by atoms with van der Waals surface area (Å²) in [7, 11) is 9.87. The number of benzene rings is 2. The SMILES string of the molecule is CCCOc1cc(C=NC2C3CC4CC(C3)CC2C4)c(O)c(C(C)(C)c2ccccc2)c1.[Cl][Zr][Cl]. The maximum absolute atomic E-state index is 11.4. The maximum atomic E-state index is 11.4. The first-order valence-electron chi connectivity index (χ1n) is 12.9. The summed E-state index contributed by atoms with van der Waals surface area (Å²) in [5.41, 5.74) is 2.50. The van der Waals surface area contributed by atoms with Crippen molar-refractivity contribution < 1.29 is 30.7 Å². The third kappa shape index (κ3) is 6.19. The molecule has 35 heavy (non-hydrogen) atoms. The molecule has 6 heteroatoms. The Balaban J connectivity index is 0.000000917. The van der Waals surface area contributed by atoms with Gasteiger partial charge in [-0.25, -0.2) is 0 Å². The van der Waals surface area contributed by atoms with Gasteiger partial charge in [-0.05, 0) is 79.9 Å². The van der Waals surface area contributed by atoms with Gasteiger partial charge in [-0.1, -0.05) is 51.1 Å². The third-order valence-electron chi connectivity index (χ3n) is 8.32. The summed E-state index contributed by atoms with van der Waals surface area (Å²) >= 11 is -0.826. The molecule has 0 atom stereocenters. The van der Waals surface area contributed by atoms with Crippen molar-refractivity contribution in [2.24, 2.45) is 28.7 Å². The molecule has 4 bridgehead atoms. The Morgan fingerprint density at radius 3 is 2.20 bits per heavy atom. The Bertz CT molecular complexity index is 983. The molecule has 188 valence electrons. The first-order chi connectivity index (χ1) is 16.9. The summed E-state index contributed by atoms with van der Waals surface area (Å²) < 4.78 is 6.04. The van der Waals surface area contributed by atoms with Gasteiger partial charge in [0.25, 0.3) is 0 Å². The van der Waals surface area contributed by atoms with Crippen LogP contribution in [-0.4, -0.2) is 24.0 Å². The second-order valence-electron chi connectivity index (χ2n) is 11.0. The summed E-state index contributed by atoms with van der Waals surface area (Å²) in [6, 6.07) is 14.8. The molecule has 0 amide bonds. The molecule has 4 aliphatic rings. The van der Waals surface area contributed by atoms with E-state index in [0.29, 0.717) is 18.4 Å². The molecule has 4 aliphatic carbocycles. The number of aromatic hydroxyl groups is 1. The minimum absolute atomic E-state index is 0.329. The van der Waals surface area contributed by atoms with E-state index >= 15 is 0 Å². The number of aliphatic imine (C=N–C) groups is 1. The Morgan fingerprint density at radius 1 is 1.03 bits per heavy atom. The van der Waals surface area contributed by atoms with Crippen molar-refractivity contribution >= 4 is 23.2 Å². The van der Waals surface area contributed by atoms with Gasteiger partial charge >= 0.3 is 37.9 Å². The molecule has 4 fully saturated rings. The van der Waals surface area contributed by atoms with Gasteiger partial charge in [0, 0.05) is 22.8 Å². The summed E-state index contributed by atoms with van der Waals surface area (Å²) in [6.07, 6.45) is 9.78. The molecule has 2 aromatic carbocycles. The van der Waals surface area contributed by atoms with Crippen LogP contribution in [0.4, 0.5) is 0 Å². The predicted molar refractivity (Wildman–Crippen MR) is 143 cm³/mol. The average Bonchev–Trinajstić information content (AvgIpc) is 2.84. The zero-order chi connectivity index (χ0) is 25.0. The molecule has 6 rings (SSSR count). The summed E-state index contributed by atoms with van der Waals surface area (Å²) in [6.45, 7) is 7.12. The van der Waals surface area contributed by atoms with Gasteiger partial charge in [0.05, 0.1) is 12.6 Å². The zero-order valence-corrected chi connectivity index (χ0v) is 25.0. The van der Waals surface area contributed by atoms with Crippen LogP contribution in [0.5, 0.6) is 11.5 Å². The second kappa shape index (κ2) is 12.1. The number of phenols is 1. The summed E-state index contributed by atoms with van der Waals surface area (Å²) in [4.78, 5) is 5.13. The molecule has 0 spiro atoms. The predicted octanol–water partition coefficient (Wildman–Crippen LogP) is 8.13. The molecule has 3 nitrogen and oxygen atoms in total. The number of halogens is 2. The molecule has 0 saturated heterocycles. The van der Waals surface area contributed by atoms with E-state index in [4.69, 9.17) is 26.8 Å². The van der Waals surface area contributed by atoms with Crippen molar-refractivity contribution in [2.75, 3.05) is 6.61 Å². The molecular formula is C29H37Cl2NO2Zr. The fourth-order valence-corrected chi connectivity index (χ4v) is 6.82. The van der Waals surface area contributed by atoms with Gasteiger partial charge in [-0.15, -0.1) is 0 Å². The average molecular weight is 594 g/mol. The van der Waals surface area contributed by atoms with E-state index in [9.17, 15) is 5.11 Å². The van der Waals surface area contributed by atoms with Crippen LogP contribution >= 0.6 is 17.0 Å². The van der Waals surface area contributed by atoms with Crippen LogP contribution in [0.2, 0.25) is 0 Å². The monoisotopic (exact) mass is 591 g/mol. The van der Waals surface area contributed by atoms with Crippen LogP contribution in [0.1, 0.15) is 76.0 Å². The van der Waals surface area contributed by atoms with Crippen molar-refractivity contribution in [1.82, 2.24) is 0 Å². The number of nitrogens with zero attached hydrogens (tertiary/aromatic N) is 1. The molecule has 0 aromatic heterocycles. The van der Waals surface area contributed by atoms with E-state index in [1.54, 1.807) is 0 Å². The van der Waals surface area contributed by atoms with Gasteiger partial charge in [-0.2, -0.15) is 0 Å². The molecule has 4 saturated carbocycles. The Labute approximate surface area is 229 Å². The van der Waals surface area contributed by atoms with E-state index < -0.39 is 20.8 Å². The first kappa shape index (κ1) is 27.2. The topological polar surface area (TPSA) is 41.8 Å². The third-order valence-corrected chi connectivity index (χ3v) is 8.32. The molecular weight excluding hydrogens is 556 g/mol. The standard InChI is InChI=1S/C29H37NO2.2ClH.Zr/c1-4-10-32-25-16-23(18-30-27-21-12-19-11-20(14-21)15-22(27)13-19)28(31)26(17-25)29(2,3)24-8-6-5-7-9-24;;;/h5-9,16-22,27,31H,4,10-15H2,1-3H3;2*1H;/q;;;+2/p-2. The van der Waals surface area contributed by atoms with Crippen molar-refractivity contribution in [2.45, 2.75) is 70.8 Å².